The van der Waals surface area contributed by atoms with Crippen molar-refractivity contribution in [3.8, 4) is 0 Å². The first kappa shape index (κ1) is 14.2. The number of hydrogen-bond donors (Lipinski definition) is 1. The van der Waals surface area contributed by atoms with Crippen LogP contribution in [-0.4, -0.2) is 35.6 Å². The molecule has 0 amide bonds. The Hall–Kier alpha value is -0.870. The largest absolute Gasteiger partial charge is 0.380 e. The van der Waals surface area contributed by atoms with E-state index in [1.165, 1.54) is 5.69 Å². The van der Waals surface area contributed by atoms with Crippen molar-refractivity contribution in [3.05, 3.63) is 17.5 Å². The van der Waals surface area contributed by atoms with Gasteiger partial charge in [0, 0.05) is 31.8 Å². The van der Waals surface area contributed by atoms with Gasteiger partial charge in [0.2, 0.25) is 0 Å². The number of ether oxygens (including phenoxy) is 1. The Morgan fingerprint density at radius 3 is 2.71 bits per heavy atom. The van der Waals surface area contributed by atoms with Gasteiger partial charge in [-0.2, -0.15) is 5.10 Å². The van der Waals surface area contributed by atoms with Crippen LogP contribution in [0.2, 0.25) is 0 Å². The molecule has 1 aromatic rings. The lowest BCUT2D eigenvalue weighted by Crippen LogP contribution is -2.41. The molecular weight excluding hydrogens is 214 g/mol. The maximum Gasteiger partial charge on any atom is 0.0699 e. The van der Waals surface area contributed by atoms with Crippen LogP contribution < -0.4 is 5.32 Å². The molecule has 17 heavy (non-hydrogen) atoms. The van der Waals surface area contributed by atoms with Crippen LogP contribution in [0.15, 0.2) is 6.07 Å². The maximum atomic E-state index is 5.43. The molecule has 0 spiro atoms. The van der Waals surface area contributed by atoms with Gasteiger partial charge in [0.1, 0.15) is 0 Å². The van der Waals surface area contributed by atoms with Crippen LogP contribution in [0.4, 0.5) is 0 Å². The standard InChI is InChI=1S/C13H25N3O/c1-6-14-13(11(4)17-5)9-12-8-10(3)15-16(12)7-2/h8,11,13-14H,6-7,9H2,1-5H3. The average Bonchev–Trinajstić information content (AvgIpc) is 2.68. The highest BCUT2D eigenvalue weighted by Gasteiger charge is 2.18. The number of aryl methyl sites for hydroxylation is 2. The average molecular weight is 239 g/mol. The number of nitrogens with one attached hydrogen (secondary N) is 1. The zero-order chi connectivity index (χ0) is 12.8. The van der Waals surface area contributed by atoms with Crippen LogP contribution in [0.1, 0.15) is 32.2 Å². The minimum Gasteiger partial charge on any atom is -0.380 e. The summed E-state index contributed by atoms with van der Waals surface area (Å²) in [7, 11) is 1.76. The van der Waals surface area contributed by atoms with Gasteiger partial charge in [-0.05, 0) is 33.4 Å². The van der Waals surface area contributed by atoms with Gasteiger partial charge >= 0.3 is 0 Å². The van der Waals surface area contributed by atoms with Crippen molar-refractivity contribution >= 4 is 0 Å². The van der Waals surface area contributed by atoms with Crippen molar-refractivity contribution in [3.63, 3.8) is 0 Å². The molecule has 1 N–H and O–H groups in total. The summed E-state index contributed by atoms with van der Waals surface area (Å²) in [5.74, 6) is 0. The SMILES string of the molecule is CCNC(Cc1cc(C)nn1CC)C(C)OC. The highest BCUT2D eigenvalue weighted by atomic mass is 16.5. The van der Waals surface area contributed by atoms with Crippen LogP contribution in [0.5, 0.6) is 0 Å². The third kappa shape index (κ3) is 3.82. The fourth-order valence-electron chi connectivity index (χ4n) is 2.09. The third-order valence-electron chi connectivity index (χ3n) is 3.12. The second-order valence-electron chi connectivity index (χ2n) is 4.40. The summed E-state index contributed by atoms with van der Waals surface area (Å²) in [4.78, 5) is 0. The Balaban J connectivity index is 2.77. The van der Waals surface area contributed by atoms with Gasteiger partial charge in [-0.3, -0.25) is 4.68 Å². The van der Waals surface area contributed by atoms with Crippen LogP contribution in [0.25, 0.3) is 0 Å². The zero-order valence-corrected chi connectivity index (χ0v) is 11.7. The molecule has 0 aliphatic heterocycles. The quantitative estimate of drug-likeness (QED) is 0.788. The Morgan fingerprint density at radius 1 is 1.47 bits per heavy atom. The number of rotatable bonds is 7. The molecule has 0 aliphatic rings. The van der Waals surface area contributed by atoms with E-state index in [0.717, 1.165) is 25.2 Å². The van der Waals surface area contributed by atoms with Crippen molar-refractivity contribution < 1.29 is 4.74 Å². The van der Waals surface area contributed by atoms with Crippen LogP contribution in [0, 0.1) is 6.92 Å². The first-order chi connectivity index (χ1) is 8.12. The summed E-state index contributed by atoms with van der Waals surface area (Å²) < 4.78 is 7.50. The molecule has 4 nitrogen and oxygen atoms in total. The summed E-state index contributed by atoms with van der Waals surface area (Å²) >= 11 is 0. The van der Waals surface area contributed by atoms with Crippen molar-refractivity contribution in [2.24, 2.45) is 0 Å². The summed E-state index contributed by atoms with van der Waals surface area (Å²) in [6, 6.07) is 2.50. The summed E-state index contributed by atoms with van der Waals surface area (Å²) in [5, 5.41) is 7.95. The first-order valence-electron chi connectivity index (χ1n) is 6.41. The predicted molar refractivity (Wildman–Crippen MR) is 70.3 cm³/mol. The van der Waals surface area contributed by atoms with E-state index in [-0.39, 0.29) is 6.10 Å². The Morgan fingerprint density at radius 2 is 2.18 bits per heavy atom. The van der Waals surface area contributed by atoms with Crippen molar-refractivity contribution in [1.29, 1.82) is 0 Å². The first-order valence-corrected chi connectivity index (χ1v) is 6.41. The molecule has 0 bridgehead atoms. The summed E-state index contributed by atoms with van der Waals surface area (Å²) in [6.45, 7) is 10.3. The van der Waals surface area contributed by atoms with E-state index < -0.39 is 0 Å². The number of nitrogens with zero attached hydrogens (tertiary/aromatic N) is 2. The Labute approximate surface area is 104 Å². The van der Waals surface area contributed by atoms with Gasteiger partial charge in [0.15, 0.2) is 0 Å². The molecule has 0 saturated carbocycles. The minimum absolute atomic E-state index is 0.204. The fourth-order valence-corrected chi connectivity index (χ4v) is 2.09. The molecule has 0 fully saturated rings. The molecule has 1 heterocycles. The van der Waals surface area contributed by atoms with E-state index in [4.69, 9.17) is 4.74 Å². The van der Waals surface area contributed by atoms with Gasteiger partial charge in [-0.15, -0.1) is 0 Å². The molecule has 2 unspecified atom stereocenters. The second kappa shape index (κ2) is 6.77. The molecule has 0 saturated heterocycles. The number of methoxy groups -OCH3 is 1. The molecule has 0 radical (unpaired) electrons. The maximum absolute atomic E-state index is 5.43. The molecule has 0 aromatic carbocycles. The van der Waals surface area contributed by atoms with Gasteiger partial charge < -0.3 is 10.1 Å². The molecule has 0 aliphatic carbocycles. The topological polar surface area (TPSA) is 39.1 Å². The smallest absolute Gasteiger partial charge is 0.0699 e. The summed E-state index contributed by atoms with van der Waals surface area (Å²) in [5.41, 5.74) is 2.36. The lowest BCUT2D eigenvalue weighted by Gasteiger charge is -2.23. The lowest BCUT2D eigenvalue weighted by molar-refractivity contribution is 0.0829. The Kier molecular flexibility index (Phi) is 5.65. The van der Waals surface area contributed by atoms with Crippen LogP contribution in [0.3, 0.4) is 0 Å². The predicted octanol–water partition coefficient (Wildman–Crippen LogP) is 1.77. The number of aromatic nitrogens is 2. The molecular formula is C13H25N3O. The Bertz CT molecular complexity index is 335. The molecule has 2 atom stereocenters. The number of hydrogen-bond acceptors (Lipinski definition) is 3. The monoisotopic (exact) mass is 239 g/mol. The van der Waals surface area contributed by atoms with Crippen molar-refractivity contribution in [2.75, 3.05) is 13.7 Å². The van der Waals surface area contributed by atoms with E-state index in [0.29, 0.717) is 6.04 Å². The van der Waals surface area contributed by atoms with Crippen molar-refractivity contribution in [2.45, 2.75) is 52.8 Å². The molecule has 1 aromatic heterocycles. The third-order valence-corrected chi connectivity index (χ3v) is 3.12. The van der Waals surface area contributed by atoms with Gasteiger partial charge in [0.05, 0.1) is 11.8 Å². The van der Waals surface area contributed by atoms with E-state index in [1.807, 2.05) is 6.92 Å². The number of likely N-dealkylation sites (N-methyl/N-ethyl adjacent to an activating group) is 1. The fraction of sp³-hybridized carbons (Fsp3) is 0.769. The van der Waals surface area contributed by atoms with Crippen LogP contribution in [-0.2, 0) is 17.7 Å². The van der Waals surface area contributed by atoms with Gasteiger partial charge in [-0.1, -0.05) is 6.92 Å². The van der Waals surface area contributed by atoms with E-state index in [9.17, 15) is 0 Å². The zero-order valence-electron chi connectivity index (χ0n) is 11.7. The summed E-state index contributed by atoms with van der Waals surface area (Å²) in [6.07, 6.45) is 1.16. The van der Waals surface area contributed by atoms with E-state index >= 15 is 0 Å². The van der Waals surface area contributed by atoms with E-state index in [1.54, 1.807) is 7.11 Å². The second-order valence-corrected chi connectivity index (χ2v) is 4.40. The molecule has 1 rings (SSSR count). The van der Waals surface area contributed by atoms with Gasteiger partial charge in [-0.25, -0.2) is 0 Å². The van der Waals surface area contributed by atoms with E-state index in [2.05, 4.69) is 41.9 Å². The lowest BCUT2D eigenvalue weighted by atomic mass is 10.1. The molecule has 4 heteroatoms. The minimum atomic E-state index is 0.204. The van der Waals surface area contributed by atoms with Gasteiger partial charge in [0.25, 0.3) is 0 Å². The normalized spacial score (nSPS) is 14.9. The van der Waals surface area contributed by atoms with Crippen molar-refractivity contribution in [1.82, 2.24) is 15.1 Å². The van der Waals surface area contributed by atoms with Crippen LogP contribution >= 0.6 is 0 Å². The molecule has 98 valence electrons. The highest BCUT2D eigenvalue weighted by molar-refractivity contribution is 5.11. The highest BCUT2D eigenvalue weighted by Crippen LogP contribution is 2.10.